The van der Waals surface area contributed by atoms with Crippen LogP contribution < -0.4 is 19.6 Å². The molecule has 0 N–H and O–H groups in total. The molecule has 0 fully saturated rings. The van der Waals surface area contributed by atoms with E-state index in [-0.39, 0.29) is 21.1 Å². The molecule has 6 heteroatoms. The number of nitrogens with zero attached hydrogens (tertiary/aromatic N) is 5. The number of rotatable bonds is 3. The number of fused-ring (bicyclic) bond motifs is 2. The first-order valence-electron chi connectivity index (χ1n) is 13.0. The van der Waals surface area contributed by atoms with Crippen molar-refractivity contribution in [3.8, 4) is 11.1 Å². The van der Waals surface area contributed by atoms with Crippen LogP contribution in [0.4, 0.5) is 34.1 Å². The van der Waals surface area contributed by atoms with Gasteiger partial charge in [0.25, 0.3) is 0 Å². The van der Waals surface area contributed by atoms with Crippen LogP contribution in [0.5, 0.6) is 0 Å². The molecule has 0 aliphatic carbocycles. The van der Waals surface area contributed by atoms with Crippen LogP contribution in [-0.4, -0.2) is 14.1 Å². The van der Waals surface area contributed by atoms with Gasteiger partial charge in [-0.1, -0.05) is 29.8 Å². The van der Waals surface area contributed by atoms with Gasteiger partial charge < -0.3 is 31.4 Å². The van der Waals surface area contributed by atoms with Crippen molar-refractivity contribution in [1.82, 2.24) is 0 Å². The molecule has 0 saturated heterocycles. The Hall–Kier alpha value is -3.74. The monoisotopic (exact) mass is 706 g/mol. The number of anilines is 6. The fraction of sp³-hybridized carbons (Fsp3) is 0.206. The van der Waals surface area contributed by atoms with E-state index in [4.69, 9.17) is 11.8 Å². The molecule has 0 unspecified atom stereocenters. The van der Waals surface area contributed by atoms with Crippen LogP contribution in [-0.2, 0) is 21.1 Å². The topological polar surface area (TPSA) is 36.8 Å². The maximum atomic E-state index is 6.25. The first-order valence-corrected chi connectivity index (χ1v) is 13.0. The minimum atomic E-state index is 0. The van der Waals surface area contributed by atoms with Gasteiger partial charge in [-0.25, -0.2) is 0 Å². The Morgan fingerprint density at radius 3 is 1.68 bits per heavy atom. The van der Waals surface area contributed by atoms with E-state index in [0.717, 1.165) is 17.1 Å². The summed E-state index contributed by atoms with van der Waals surface area (Å²) in [6, 6.07) is 26.0. The summed E-state index contributed by atoms with van der Waals surface area (Å²) >= 11 is 0. The van der Waals surface area contributed by atoms with Crippen molar-refractivity contribution in [2.75, 3.05) is 33.7 Å². The van der Waals surface area contributed by atoms with Crippen LogP contribution in [0.1, 0.15) is 27.8 Å². The Bertz CT molecular complexity index is 1570. The van der Waals surface area contributed by atoms with Gasteiger partial charge in [0.15, 0.2) is 0 Å². The fourth-order valence-corrected chi connectivity index (χ4v) is 5.79. The molecule has 2 heterocycles. The molecule has 0 aromatic heterocycles. The molecule has 6 rings (SSSR count). The van der Waals surface area contributed by atoms with Crippen molar-refractivity contribution in [3.63, 3.8) is 0 Å². The molecule has 0 saturated carbocycles. The van der Waals surface area contributed by atoms with E-state index in [1.54, 1.807) is 0 Å². The SMILES string of the molecule is Cc1cc(C)c(-c2cc(N3[CH-]N(C)c4ccccc43)[c-]c(N3[CH-]N(C)c4cc(C)c(C)cc43)c2)c(C)c1.[C-]#N.[Pt+4]. The van der Waals surface area contributed by atoms with Crippen LogP contribution in [0.3, 0.4) is 0 Å². The Kier molecular flexibility index (Phi) is 8.33. The number of para-hydroxylation sites is 2. The number of hydrogen-bond donors (Lipinski definition) is 0. The first-order chi connectivity index (χ1) is 18.7. The van der Waals surface area contributed by atoms with Crippen LogP contribution in [0.2, 0.25) is 0 Å². The Labute approximate surface area is 253 Å². The second-order valence-electron chi connectivity index (χ2n) is 10.5. The zero-order valence-corrected chi connectivity index (χ0v) is 26.3. The smallest absolute Gasteiger partial charge is 0.512 e. The summed E-state index contributed by atoms with van der Waals surface area (Å²) in [6.45, 7) is 20.0. The summed E-state index contributed by atoms with van der Waals surface area (Å²) in [5.41, 5.74) is 15.8. The predicted molar refractivity (Wildman–Crippen MR) is 162 cm³/mol. The van der Waals surface area contributed by atoms with Gasteiger partial charge in [-0.05, 0) is 101 Å². The average molecular weight is 707 g/mol. The van der Waals surface area contributed by atoms with Crippen molar-refractivity contribution >= 4 is 34.1 Å². The van der Waals surface area contributed by atoms with Gasteiger partial charge in [0.1, 0.15) is 0 Å². The molecule has 0 radical (unpaired) electrons. The van der Waals surface area contributed by atoms with E-state index < -0.39 is 0 Å². The van der Waals surface area contributed by atoms with Crippen molar-refractivity contribution in [3.05, 3.63) is 114 Å². The third-order valence-corrected chi connectivity index (χ3v) is 7.65. The molecule has 204 valence electrons. The van der Waals surface area contributed by atoms with E-state index in [1.165, 1.54) is 56.0 Å². The van der Waals surface area contributed by atoms with Gasteiger partial charge >= 0.3 is 21.1 Å². The number of hydrogen-bond acceptors (Lipinski definition) is 5. The number of benzene rings is 4. The van der Waals surface area contributed by atoms with Gasteiger partial charge in [0, 0.05) is 22.7 Å². The third-order valence-electron chi connectivity index (χ3n) is 7.65. The van der Waals surface area contributed by atoms with Gasteiger partial charge in [0.05, 0.1) is 0 Å². The van der Waals surface area contributed by atoms with E-state index in [0.29, 0.717) is 0 Å². The number of aryl methyl sites for hydroxylation is 5. The summed E-state index contributed by atoms with van der Waals surface area (Å²) < 4.78 is 0. The van der Waals surface area contributed by atoms with Crippen molar-refractivity contribution in [1.29, 1.82) is 5.26 Å². The molecule has 5 nitrogen and oxygen atoms in total. The van der Waals surface area contributed by atoms with Crippen molar-refractivity contribution in [2.24, 2.45) is 0 Å². The maximum absolute atomic E-state index is 6.25. The van der Waals surface area contributed by atoms with Crippen molar-refractivity contribution in [2.45, 2.75) is 34.6 Å². The van der Waals surface area contributed by atoms with E-state index >= 15 is 0 Å². The van der Waals surface area contributed by atoms with E-state index in [1.807, 2.05) is 0 Å². The molecule has 0 spiro atoms. The minimum Gasteiger partial charge on any atom is -0.512 e. The fourth-order valence-electron chi connectivity index (χ4n) is 5.79. The van der Waals surface area contributed by atoms with Gasteiger partial charge in [-0.2, -0.15) is 13.3 Å². The zero-order chi connectivity index (χ0) is 28.0. The van der Waals surface area contributed by atoms with Crippen LogP contribution in [0.25, 0.3) is 11.1 Å². The Morgan fingerprint density at radius 1 is 0.625 bits per heavy atom. The van der Waals surface area contributed by atoms with Crippen LogP contribution >= 0.6 is 0 Å². The summed E-state index contributed by atoms with van der Waals surface area (Å²) in [5.74, 6) is 0. The standard InChI is InChI=1S/C33H33N4.CN.Pt/c1-21-12-24(4)33(25(5)13-21)26-16-27(36-19-34(6)29-10-8-9-11-30(29)36)18-28(17-26)37-20-35(7)31-14-22(2)23(3)15-32(31)37;1-2;/h8-17,19-20H,1-7H3;;/q-3;-1;+4. The van der Waals surface area contributed by atoms with Gasteiger partial charge in [-0.15, -0.1) is 35.1 Å². The molecule has 40 heavy (non-hydrogen) atoms. The van der Waals surface area contributed by atoms with E-state index in [9.17, 15) is 0 Å². The Balaban J connectivity index is 0.00000121. The molecule has 4 aromatic rings. The largest absolute Gasteiger partial charge is 4.00 e. The maximum Gasteiger partial charge on any atom is 4.00 e. The average Bonchev–Trinajstić information content (AvgIpc) is 3.41. The summed E-state index contributed by atoms with van der Waals surface area (Å²) in [7, 11) is 4.22. The van der Waals surface area contributed by atoms with Crippen molar-refractivity contribution < 1.29 is 21.1 Å². The van der Waals surface area contributed by atoms with Gasteiger partial charge in [0.2, 0.25) is 0 Å². The Morgan fingerprint density at radius 2 is 1.10 bits per heavy atom. The molecule has 2 aliphatic heterocycles. The first kappa shape index (κ1) is 29.2. The second kappa shape index (κ2) is 11.4. The molecular weight excluding hydrogens is 673 g/mol. The van der Waals surface area contributed by atoms with E-state index in [2.05, 4.69) is 148 Å². The summed E-state index contributed by atoms with van der Waals surface area (Å²) in [5, 5.41) is 6.25. The summed E-state index contributed by atoms with van der Waals surface area (Å²) in [6.07, 6.45) is 0. The van der Waals surface area contributed by atoms with Crippen LogP contribution in [0, 0.1) is 65.9 Å². The summed E-state index contributed by atoms with van der Waals surface area (Å²) in [4.78, 5) is 8.91. The quantitative estimate of drug-likeness (QED) is 0.201. The molecule has 0 amide bonds. The van der Waals surface area contributed by atoms with Crippen LogP contribution in [0.15, 0.2) is 60.7 Å². The molecule has 4 aromatic carbocycles. The molecule has 2 aliphatic rings. The zero-order valence-electron chi connectivity index (χ0n) is 24.0. The molecule has 0 atom stereocenters. The predicted octanol–water partition coefficient (Wildman–Crippen LogP) is 8.20. The molecular formula is C34H33N5Pt. The third kappa shape index (κ3) is 4.98. The minimum absolute atomic E-state index is 0. The van der Waals surface area contributed by atoms with Gasteiger partial charge in [-0.3, -0.25) is 0 Å². The molecule has 0 bridgehead atoms. The second-order valence-corrected chi connectivity index (χ2v) is 10.5. The normalized spacial score (nSPS) is 13.4.